The molecule has 0 aliphatic rings. The number of carboxylic acid groups (broad SMARTS) is 2. The first-order valence-corrected chi connectivity index (χ1v) is 9.17. The Bertz CT molecular complexity index is 712. The average molecular weight is 428 g/mol. The Hall–Kier alpha value is -3.19. The molecule has 0 aromatic carbocycles. The molecule has 0 aliphatic heterocycles. The summed E-state index contributed by atoms with van der Waals surface area (Å²) in [6.07, 6.45) is 3.81. The predicted octanol–water partition coefficient (Wildman–Crippen LogP) is -0.0810. The van der Waals surface area contributed by atoms with Crippen molar-refractivity contribution in [1.29, 1.82) is 0 Å². The highest BCUT2D eigenvalue weighted by atomic mass is 32.2. The Labute approximate surface area is 171 Å². The minimum atomic E-state index is -1.26. The van der Waals surface area contributed by atoms with Crippen LogP contribution in [0, 0.1) is 0 Å². The molecule has 1 aromatic heterocycles. The maximum Gasteiger partial charge on any atom is 0.328 e. The normalized spacial score (nSPS) is 10.9. The minimum Gasteiger partial charge on any atom is -0.478 e. The van der Waals surface area contributed by atoms with Crippen LogP contribution in [-0.4, -0.2) is 70.0 Å². The average Bonchev–Trinajstić information content (AvgIpc) is 2.64. The van der Waals surface area contributed by atoms with Crippen LogP contribution in [0.2, 0.25) is 0 Å². The van der Waals surface area contributed by atoms with Gasteiger partial charge in [0.05, 0.1) is 13.2 Å². The number of nitrogens with two attached hydrogens (primary N) is 2. The molecule has 0 saturated heterocycles. The highest BCUT2D eigenvalue weighted by Crippen LogP contribution is 2.15. The van der Waals surface area contributed by atoms with Gasteiger partial charge < -0.3 is 31.7 Å². The minimum absolute atomic E-state index is 0.274. The van der Waals surface area contributed by atoms with Crippen molar-refractivity contribution in [3.63, 3.8) is 0 Å². The van der Waals surface area contributed by atoms with Gasteiger partial charge in [-0.05, 0) is 12.5 Å². The summed E-state index contributed by atoms with van der Waals surface area (Å²) in [6, 6.07) is 1.70. The summed E-state index contributed by atoms with van der Waals surface area (Å²) < 4.78 is 4.88. The maximum absolute atomic E-state index is 10.6. The molecule has 0 bridgehead atoms. The van der Waals surface area contributed by atoms with Gasteiger partial charge in [0.15, 0.2) is 11.1 Å². The molecule has 160 valence electrons. The summed E-state index contributed by atoms with van der Waals surface area (Å²) in [5, 5.41) is 19.1. The molecule has 0 aliphatic carbocycles. The molecule has 12 nitrogen and oxygen atoms in total. The Morgan fingerprint density at radius 1 is 1.28 bits per heavy atom. The van der Waals surface area contributed by atoms with Crippen molar-refractivity contribution < 1.29 is 29.3 Å². The van der Waals surface area contributed by atoms with E-state index in [-0.39, 0.29) is 11.9 Å². The summed E-state index contributed by atoms with van der Waals surface area (Å²) in [7, 11) is 1.60. The van der Waals surface area contributed by atoms with Gasteiger partial charge in [-0.3, -0.25) is 9.79 Å². The summed E-state index contributed by atoms with van der Waals surface area (Å²) in [5.74, 6) is -1.24. The van der Waals surface area contributed by atoms with Gasteiger partial charge in [0.25, 0.3) is 0 Å². The topological polar surface area (TPSA) is 203 Å². The number of rotatable bonds is 11. The number of nitrogens with one attached hydrogen (secondary N) is 1. The number of carbonyl (C=O) groups excluding carboxylic acids is 1. The molecule has 0 radical (unpaired) electrons. The summed E-state index contributed by atoms with van der Waals surface area (Å²) >= 11 is 1.45. The van der Waals surface area contributed by atoms with E-state index in [1.807, 2.05) is 0 Å². The fraction of sp³-hybridized carbons (Fsp3) is 0.375. The first-order valence-electron chi connectivity index (χ1n) is 8.18. The highest BCUT2D eigenvalue weighted by molar-refractivity contribution is 7.99. The molecule has 1 rings (SSSR count). The lowest BCUT2D eigenvalue weighted by Crippen LogP contribution is -2.24. The van der Waals surface area contributed by atoms with Crippen LogP contribution in [0.15, 0.2) is 34.6 Å². The van der Waals surface area contributed by atoms with Crippen LogP contribution in [0.4, 0.5) is 5.82 Å². The number of carbonyl (C=O) groups is 3. The molecule has 0 unspecified atom stereocenters. The van der Waals surface area contributed by atoms with E-state index in [0.717, 1.165) is 5.75 Å². The third-order valence-electron chi connectivity index (χ3n) is 2.63. The molecule has 0 atom stereocenters. The number of aliphatic imine (C=N–C) groups is 1. The van der Waals surface area contributed by atoms with Crippen LogP contribution in [0.25, 0.3) is 0 Å². The number of amides is 1. The quantitative estimate of drug-likeness (QED) is 0.0787. The molecular formula is C16H24N6O6S. The van der Waals surface area contributed by atoms with Gasteiger partial charge in [0, 0.05) is 37.6 Å². The van der Waals surface area contributed by atoms with E-state index in [9.17, 15) is 14.4 Å². The lowest BCUT2D eigenvalue weighted by molar-refractivity contribution is -0.134. The van der Waals surface area contributed by atoms with E-state index in [1.165, 1.54) is 11.8 Å². The van der Waals surface area contributed by atoms with Gasteiger partial charge in [-0.1, -0.05) is 11.8 Å². The SMILES string of the molecule is COCCN=C(N)Nc1ccnc(SCCCC(N)=O)n1.O=C(O)C=CC(=O)O. The van der Waals surface area contributed by atoms with Crippen molar-refractivity contribution in [2.24, 2.45) is 16.5 Å². The molecule has 1 aromatic rings. The molecule has 0 saturated carbocycles. The molecular weight excluding hydrogens is 404 g/mol. The highest BCUT2D eigenvalue weighted by Gasteiger charge is 2.02. The first-order chi connectivity index (χ1) is 13.7. The Morgan fingerprint density at radius 2 is 1.93 bits per heavy atom. The zero-order valence-electron chi connectivity index (χ0n) is 15.8. The molecule has 1 heterocycles. The molecule has 0 spiro atoms. The number of thioether (sulfide) groups is 1. The standard InChI is InChI=1S/C12H20N6O2S.C4H4O4/c1-20-7-6-15-11(14)17-10-4-5-16-12(18-10)21-8-2-3-9(13)19;5-3(6)1-2-4(7)8/h4-5H,2-3,6-8H2,1H3,(H2,13,19)(H3,14,15,16,17,18);1-2H,(H,5,6)(H,7,8). The lowest BCUT2D eigenvalue weighted by atomic mass is 10.3. The number of aliphatic carboxylic acids is 2. The maximum atomic E-state index is 10.6. The van der Waals surface area contributed by atoms with Crippen molar-refractivity contribution in [3.05, 3.63) is 24.4 Å². The second kappa shape index (κ2) is 15.8. The van der Waals surface area contributed by atoms with Gasteiger partial charge in [-0.25, -0.2) is 19.6 Å². The van der Waals surface area contributed by atoms with E-state index in [1.54, 1.807) is 19.4 Å². The number of aromatic nitrogens is 2. The number of ether oxygens (including phenoxy) is 1. The number of methoxy groups -OCH3 is 1. The number of hydrogen-bond donors (Lipinski definition) is 5. The number of anilines is 1. The largest absolute Gasteiger partial charge is 0.478 e. The first kappa shape index (κ1) is 25.8. The van der Waals surface area contributed by atoms with Crippen LogP contribution in [0.1, 0.15) is 12.8 Å². The Morgan fingerprint density at radius 3 is 2.48 bits per heavy atom. The Balaban J connectivity index is 0.000000828. The van der Waals surface area contributed by atoms with Gasteiger partial charge in [0.1, 0.15) is 5.82 Å². The van der Waals surface area contributed by atoms with E-state index < -0.39 is 11.9 Å². The van der Waals surface area contributed by atoms with E-state index in [0.29, 0.717) is 49.1 Å². The zero-order valence-corrected chi connectivity index (χ0v) is 16.6. The molecule has 29 heavy (non-hydrogen) atoms. The van der Waals surface area contributed by atoms with Gasteiger partial charge >= 0.3 is 11.9 Å². The van der Waals surface area contributed by atoms with Crippen molar-refractivity contribution in [2.75, 3.05) is 31.3 Å². The van der Waals surface area contributed by atoms with E-state index in [2.05, 4.69) is 20.3 Å². The number of carboxylic acids is 2. The summed E-state index contributed by atoms with van der Waals surface area (Å²) in [4.78, 5) is 42.2. The lowest BCUT2D eigenvalue weighted by Gasteiger charge is -2.06. The third kappa shape index (κ3) is 16.7. The number of guanidine groups is 1. The monoisotopic (exact) mass is 428 g/mol. The second-order valence-electron chi connectivity index (χ2n) is 5.04. The fourth-order valence-corrected chi connectivity index (χ4v) is 2.23. The number of hydrogen-bond acceptors (Lipinski definition) is 8. The van der Waals surface area contributed by atoms with Crippen LogP contribution < -0.4 is 16.8 Å². The van der Waals surface area contributed by atoms with Gasteiger partial charge in [-0.15, -0.1) is 0 Å². The summed E-state index contributed by atoms with van der Waals surface area (Å²) in [5.41, 5.74) is 10.8. The van der Waals surface area contributed by atoms with E-state index >= 15 is 0 Å². The van der Waals surface area contributed by atoms with Gasteiger partial charge in [-0.2, -0.15) is 0 Å². The van der Waals surface area contributed by atoms with Crippen LogP contribution in [0.3, 0.4) is 0 Å². The third-order valence-corrected chi connectivity index (χ3v) is 3.58. The smallest absolute Gasteiger partial charge is 0.328 e. The number of primary amides is 1. The van der Waals surface area contributed by atoms with Crippen molar-refractivity contribution in [3.8, 4) is 0 Å². The molecule has 0 fully saturated rings. The van der Waals surface area contributed by atoms with Crippen LogP contribution in [-0.2, 0) is 19.1 Å². The van der Waals surface area contributed by atoms with Crippen molar-refractivity contribution in [1.82, 2.24) is 9.97 Å². The summed E-state index contributed by atoms with van der Waals surface area (Å²) in [6.45, 7) is 0.988. The van der Waals surface area contributed by atoms with E-state index in [4.69, 9.17) is 26.4 Å². The van der Waals surface area contributed by atoms with Crippen molar-refractivity contribution >= 4 is 41.4 Å². The van der Waals surface area contributed by atoms with Gasteiger partial charge in [0.2, 0.25) is 5.91 Å². The molecule has 13 heteroatoms. The van der Waals surface area contributed by atoms with Crippen LogP contribution >= 0.6 is 11.8 Å². The molecule has 1 amide bonds. The fourth-order valence-electron chi connectivity index (χ4n) is 1.46. The number of nitrogens with zero attached hydrogens (tertiary/aromatic N) is 3. The Kier molecular flexibility index (Phi) is 14.1. The van der Waals surface area contributed by atoms with Crippen molar-refractivity contribution in [2.45, 2.75) is 18.0 Å². The predicted molar refractivity (Wildman–Crippen MR) is 108 cm³/mol. The second-order valence-corrected chi connectivity index (χ2v) is 6.10. The zero-order chi connectivity index (χ0) is 22.1. The van der Waals surface area contributed by atoms with Crippen LogP contribution in [0.5, 0.6) is 0 Å². The molecule has 7 N–H and O–H groups in total.